The average molecular weight is 331 g/mol. The van der Waals surface area contributed by atoms with Gasteiger partial charge in [0.05, 0.1) is 4.90 Å². The van der Waals surface area contributed by atoms with Crippen molar-refractivity contribution in [1.82, 2.24) is 10.2 Å². The molecule has 0 radical (unpaired) electrons. The second-order valence-corrected chi connectivity index (χ2v) is 7.69. The van der Waals surface area contributed by atoms with Gasteiger partial charge in [0.25, 0.3) is 0 Å². The molecule has 1 aliphatic heterocycles. The Bertz CT molecular complexity index is 601. The first kappa shape index (κ1) is 16.3. The normalized spacial score (nSPS) is 19.0. The smallest absolute Gasteiger partial charge is 0.238 e. The Morgan fingerprint density at radius 1 is 1.38 bits per heavy atom. The number of sulfone groups is 1. The standard InChI is InChI=1S/C14H19ClN2O3S/c1-16-8-11-6-7-17(9-11)14(18)10-21(19,20)13-4-2-12(15)3-5-13/h2-5,11,16H,6-10H2,1H3/t11-/m0/s1. The summed E-state index contributed by atoms with van der Waals surface area (Å²) in [5.74, 6) is -0.415. The van der Waals surface area contributed by atoms with Crippen LogP contribution in [0.4, 0.5) is 0 Å². The molecule has 2 rings (SSSR count). The molecule has 116 valence electrons. The van der Waals surface area contributed by atoms with Crippen LogP contribution < -0.4 is 5.32 Å². The minimum atomic E-state index is -3.61. The minimum absolute atomic E-state index is 0.131. The van der Waals surface area contributed by atoms with Crippen molar-refractivity contribution in [2.75, 3.05) is 32.4 Å². The van der Waals surface area contributed by atoms with Gasteiger partial charge in [-0.3, -0.25) is 4.79 Å². The van der Waals surface area contributed by atoms with Crippen molar-refractivity contribution < 1.29 is 13.2 Å². The van der Waals surface area contributed by atoms with E-state index in [1.165, 1.54) is 24.3 Å². The molecule has 0 unspecified atom stereocenters. The van der Waals surface area contributed by atoms with E-state index >= 15 is 0 Å². The van der Waals surface area contributed by atoms with Gasteiger partial charge in [-0.05, 0) is 50.2 Å². The lowest BCUT2D eigenvalue weighted by Crippen LogP contribution is -2.34. The molecule has 1 aliphatic rings. The summed E-state index contributed by atoms with van der Waals surface area (Å²) in [6.45, 7) is 2.09. The summed E-state index contributed by atoms with van der Waals surface area (Å²) < 4.78 is 24.4. The molecule has 1 aromatic carbocycles. The van der Waals surface area contributed by atoms with Crippen LogP contribution in [0.3, 0.4) is 0 Å². The molecule has 1 saturated heterocycles. The average Bonchev–Trinajstić information content (AvgIpc) is 2.88. The van der Waals surface area contributed by atoms with E-state index in [2.05, 4.69) is 5.32 Å². The number of nitrogens with zero attached hydrogens (tertiary/aromatic N) is 1. The van der Waals surface area contributed by atoms with Crippen LogP contribution in [0.1, 0.15) is 6.42 Å². The molecule has 1 amide bonds. The summed E-state index contributed by atoms with van der Waals surface area (Å²) in [5, 5.41) is 3.55. The van der Waals surface area contributed by atoms with Gasteiger partial charge in [0.1, 0.15) is 5.75 Å². The third-order valence-corrected chi connectivity index (χ3v) is 5.49. The highest BCUT2D eigenvalue weighted by molar-refractivity contribution is 7.92. The molecule has 7 heteroatoms. The lowest BCUT2D eigenvalue weighted by molar-refractivity contribution is -0.127. The van der Waals surface area contributed by atoms with Gasteiger partial charge in [-0.15, -0.1) is 0 Å². The fourth-order valence-corrected chi connectivity index (χ4v) is 3.84. The highest BCUT2D eigenvalue weighted by Gasteiger charge is 2.29. The van der Waals surface area contributed by atoms with E-state index in [1.54, 1.807) is 4.90 Å². The lowest BCUT2D eigenvalue weighted by Gasteiger charge is -2.16. The Kier molecular flexibility index (Phi) is 5.24. The first-order valence-electron chi connectivity index (χ1n) is 6.83. The summed E-state index contributed by atoms with van der Waals surface area (Å²) in [4.78, 5) is 13.9. The van der Waals surface area contributed by atoms with Gasteiger partial charge in [-0.2, -0.15) is 0 Å². The number of likely N-dealkylation sites (tertiary alicyclic amines) is 1. The van der Waals surface area contributed by atoms with Crippen LogP contribution >= 0.6 is 11.6 Å². The van der Waals surface area contributed by atoms with Gasteiger partial charge in [0, 0.05) is 18.1 Å². The number of hydrogen-bond acceptors (Lipinski definition) is 4. The number of halogens is 1. The summed E-state index contributed by atoms with van der Waals surface area (Å²) in [7, 11) is -1.74. The monoisotopic (exact) mass is 330 g/mol. The first-order chi connectivity index (χ1) is 9.92. The number of rotatable bonds is 5. The Hall–Kier alpha value is -1.11. The topological polar surface area (TPSA) is 66.5 Å². The maximum atomic E-state index is 12.2. The molecule has 0 aromatic heterocycles. The zero-order valence-electron chi connectivity index (χ0n) is 11.9. The van der Waals surface area contributed by atoms with Crippen molar-refractivity contribution in [1.29, 1.82) is 0 Å². The maximum absolute atomic E-state index is 12.2. The van der Waals surface area contributed by atoms with Gasteiger partial charge >= 0.3 is 0 Å². The van der Waals surface area contributed by atoms with Gasteiger partial charge < -0.3 is 10.2 Å². The second-order valence-electron chi connectivity index (χ2n) is 5.27. The number of carbonyl (C=O) groups excluding carboxylic acids is 1. The molecule has 1 heterocycles. The SMILES string of the molecule is CNC[C@@H]1CCN(C(=O)CS(=O)(=O)c2ccc(Cl)cc2)C1. The summed E-state index contributed by atoms with van der Waals surface area (Å²) in [6, 6.07) is 5.88. The van der Waals surface area contributed by atoms with Crippen LogP contribution in [0.15, 0.2) is 29.2 Å². The van der Waals surface area contributed by atoms with Crippen LogP contribution in [0.25, 0.3) is 0 Å². The van der Waals surface area contributed by atoms with E-state index in [0.717, 1.165) is 13.0 Å². The third kappa shape index (κ3) is 4.18. The first-order valence-corrected chi connectivity index (χ1v) is 8.86. The van der Waals surface area contributed by atoms with Crippen molar-refractivity contribution in [2.45, 2.75) is 11.3 Å². The molecule has 5 nitrogen and oxygen atoms in total. The molecular weight excluding hydrogens is 312 g/mol. The van der Waals surface area contributed by atoms with E-state index < -0.39 is 15.6 Å². The minimum Gasteiger partial charge on any atom is -0.341 e. The van der Waals surface area contributed by atoms with Crippen LogP contribution in [0.5, 0.6) is 0 Å². The van der Waals surface area contributed by atoms with Gasteiger partial charge in [-0.25, -0.2) is 8.42 Å². The van der Waals surface area contributed by atoms with Gasteiger partial charge in [0.2, 0.25) is 5.91 Å². The van der Waals surface area contributed by atoms with Gasteiger partial charge in [0.15, 0.2) is 9.84 Å². The third-order valence-electron chi connectivity index (χ3n) is 3.62. The fraction of sp³-hybridized carbons (Fsp3) is 0.500. The number of carbonyl (C=O) groups is 1. The Balaban J connectivity index is 2.00. The summed E-state index contributed by atoms with van der Waals surface area (Å²) >= 11 is 5.74. The fourth-order valence-electron chi connectivity index (χ4n) is 2.49. The van der Waals surface area contributed by atoms with Crippen molar-refractivity contribution >= 4 is 27.3 Å². The van der Waals surface area contributed by atoms with Crippen molar-refractivity contribution in [2.24, 2.45) is 5.92 Å². The van der Waals surface area contributed by atoms with Crippen LogP contribution in [0, 0.1) is 5.92 Å². The molecular formula is C14H19ClN2O3S. The van der Waals surface area contributed by atoms with Crippen molar-refractivity contribution in [3.05, 3.63) is 29.3 Å². The zero-order chi connectivity index (χ0) is 15.5. The molecule has 1 atom stereocenters. The van der Waals surface area contributed by atoms with E-state index in [1.807, 2.05) is 7.05 Å². The Labute approximate surface area is 130 Å². The molecule has 0 spiro atoms. The quantitative estimate of drug-likeness (QED) is 0.880. The Morgan fingerprint density at radius 2 is 2.05 bits per heavy atom. The molecule has 1 aromatic rings. The number of amides is 1. The maximum Gasteiger partial charge on any atom is 0.238 e. The number of nitrogens with one attached hydrogen (secondary N) is 1. The number of hydrogen-bond donors (Lipinski definition) is 1. The van der Waals surface area contributed by atoms with Crippen molar-refractivity contribution in [3.63, 3.8) is 0 Å². The van der Waals surface area contributed by atoms with E-state index in [9.17, 15) is 13.2 Å². The van der Waals surface area contributed by atoms with Crippen molar-refractivity contribution in [3.8, 4) is 0 Å². The van der Waals surface area contributed by atoms with E-state index in [0.29, 0.717) is 24.0 Å². The highest BCUT2D eigenvalue weighted by Crippen LogP contribution is 2.19. The summed E-state index contributed by atoms with van der Waals surface area (Å²) in [5.41, 5.74) is 0. The van der Waals surface area contributed by atoms with E-state index in [-0.39, 0.29) is 10.8 Å². The summed E-state index contributed by atoms with van der Waals surface area (Å²) in [6.07, 6.45) is 0.910. The molecule has 0 bridgehead atoms. The van der Waals surface area contributed by atoms with Crippen LogP contribution in [-0.4, -0.2) is 51.7 Å². The predicted molar refractivity (Wildman–Crippen MR) is 82.1 cm³/mol. The molecule has 0 saturated carbocycles. The number of benzene rings is 1. The Morgan fingerprint density at radius 3 is 2.67 bits per heavy atom. The highest BCUT2D eigenvalue weighted by atomic mass is 35.5. The van der Waals surface area contributed by atoms with Crippen LogP contribution in [0.2, 0.25) is 5.02 Å². The predicted octanol–water partition coefficient (Wildman–Crippen LogP) is 1.18. The lowest BCUT2D eigenvalue weighted by atomic mass is 10.1. The largest absolute Gasteiger partial charge is 0.341 e. The molecule has 0 aliphatic carbocycles. The van der Waals surface area contributed by atoms with E-state index in [4.69, 9.17) is 11.6 Å². The zero-order valence-corrected chi connectivity index (χ0v) is 13.5. The second kappa shape index (κ2) is 6.77. The molecule has 1 fully saturated rings. The van der Waals surface area contributed by atoms with Gasteiger partial charge in [-0.1, -0.05) is 11.6 Å². The van der Waals surface area contributed by atoms with Crippen LogP contribution in [-0.2, 0) is 14.6 Å². The molecule has 21 heavy (non-hydrogen) atoms. The molecule has 1 N–H and O–H groups in total.